The largest absolute Gasteiger partial charge is 0.348 e. The first-order chi connectivity index (χ1) is 8.58. The minimum absolute atomic E-state index is 0.141. The van der Waals surface area contributed by atoms with Gasteiger partial charge in [0.25, 0.3) is 0 Å². The molecule has 0 aliphatic heterocycles. The summed E-state index contributed by atoms with van der Waals surface area (Å²) in [5.41, 5.74) is 0.337. The van der Waals surface area contributed by atoms with Gasteiger partial charge in [-0.3, -0.25) is 14.6 Å². The molecule has 1 amide bonds. The summed E-state index contributed by atoms with van der Waals surface area (Å²) in [6.45, 7) is 0. The maximum atomic E-state index is 11.9. The van der Waals surface area contributed by atoms with E-state index in [2.05, 4.69) is 4.98 Å². The van der Waals surface area contributed by atoms with Crippen LogP contribution in [-0.4, -0.2) is 35.7 Å². The van der Waals surface area contributed by atoms with E-state index in [-0.39, 0.29) is 18.1 Å². The van der Waals surface area contributed by atoms with Gasteiger partial charge in [0.2, 0.25) is 5.91 Å². The van der Waals surface area contributed by atoms with E-state index >= 15 is 0 Å². The van der Waals surface area contributed by atoms with Crippen LogP contribution in [0.25, 0.3) is 10.8 Å². The third-order valence-electron chi connectivity index (χ3n) is 2.73. The molecule has 0 unspecified atom stereocenters. The number of aromatic nitrogens is 1. The lowest BCUT2D eigenvalue weighted by atomic mass is 10.1. The highest BCUT2D eigenvalue weighted by Crippen LogP contribution is 2.14. The fourth-order valence-electron chi connectivity index (χ4n) is 1.62. The average molecular weight is 242 g/mol. The third-order valence-corrected chi connectivity index (χ3v) is 2.73. The molecule has 4 heteroatoms. The van der Waals surface area contributed by atoms with E-state index in [1.54, 1.807) is 26.4 Å². The van der Waals surface area contributed by atoms with E-state index in [1.807, 2.05) is 24.3 Å². The molecular weight excluding hydrogens is 228 g/mol. The lowest BCUT2D eigenvalue weighted by Crippen LogP contribution is -2.24. The second-order valence-electron chi connectivity index (χ2n) is 4.30. The Hall–Kier alpha value is -2.23. The Morgan fingerprint density at radius 1 is 1.17 bits per heavy atom. The van der Waals surface area contributed by atoms with Crippen molar-refractivity contribution in [2.75, 3.05) is 14.1 Å². The molecule has 0 aliphatic rings. The number of hydrogen-bond donors (Lipinski definition) is 0. The molecular formula is C14H14N2O2. The highest BCUT2D eigenvalue weighted by atomic mass is 16.2. The van der Waals surface area contributed by atoms with Gasteiger partial charge in [0.05, 0.1) is 6.42 Å². The van der Waals surface area contributed by atoms with E-state index in [1.165, 1.54) is 4.90 Å². The van der Waals surface area contributed by atoms with Gasteiger partial charge in [-0.15, -0.1) is 0 Å². The van der Waals surface area contributed by atoms with Crippen LogP contribution in [0, 0.1) is 0 Å². The Kier molecular flexibility index (Phi) is 3.37. The summed E-state index contributed by atoms with van der Waals surface area (Å²) in [7, 11) is 3.26. The zero-order chi connectivity index (χ0) is 13.1. The zero-order valence-electron chi connectivity index (χ0n) is 10.4. The van der Waals surface area contributed by atoms with Crippen molar-refractivity contribution in [2.24, 2.45) is 0 Å². The molecule has 1 aromatic carbocycles. The van der Waals surface area contributed by atoms with Crippen molar-refractivity contribution in [2.45, 2.75) is 6.42 Å². The van der Waals surface area contributed by atoms with Crippen molar-refractivity contribution in [1.29, 1.82) is 0 Å². The van der Waals surface area contributed by atoms with Crippen molar-refractivity contribution in [1.82, 2.24) is 9.88 Å². The van der Waals surface area contributed by atoms with Crippen LogP contribution in [0.5, 0.6) is 0 Å². The van der Waals surface area contributed by atoms with Gasteiger partial charge < -0.3 is 4.90 Å². The first kappa shape index (κ1) is 12.2. The molecule has 0 atom stereocenters. The van der Waals surface area contributed by atoms with Crippen LogP contribution < -0.4 is 0 Å². The topological polar surface area (TPSA) is 50.3 Å². The summed E-state index contributed by atoms with van der Waals surface area (Å²) in [4.78, 5) is 28.9. The van der Waals surface area contributed by atoms with Crippen molar-refractivity contribution < 1.29 is 9.59 Å². The van der Waals surface area contributed by atoms with Gasteiger partial charge in [-0.1, -0.05) is 24.3 Å². The number of rotatable bonds is 3. The Morgan fingerprint density at radius 2 is 1.83 bits per heavy atom. The number of fused-ring (bicyclic) bond motifs is 1. The molecule has 2 rings (SSSR count). The predicted molar refractivity (Wildman–Crippen MR) is 69.4 cm³/mol. The fourth-order valence-corrected chi connectivity index (χ4v) is 1.62. The summed E-state index contributed by atoms with van der Waals surface area (Å²) in [6.07, 6.45) is 1.51. The second kappa shape index (κ2) is 4.96. The van der Waals surface area contributed by atoms with Crippen LogP contribution in [0.15, 0.2) is 36.5 Å². The maximum Gasteiger partial charge on any atom is 0.229 e. The molecule has 1 aromatic heterocycles. The molecule has 1 heterocycles. The number of hydrogen-bond acceptors (Lipinski definition) is 3. The van der Waals surface area contributed by atoms with Gasteiger partial charge in [-0.05, 0) is 11.5 Å². The van der Waals surface area contributed by atoms with Crippen LogP contribution in [0.4, 0.5) is 0 Å². The molecule has 0 saturated heterocycles. The molecule has 0 N–H and O–H groups in total. The number of ketones is 1. The quantitative estimate of drug-likeness (QED) is 0.610. The predicted octanol–water partition coefficient (Wildman–Crippen LogP) is 1.90. The Balaban J connectivity index is 2.26. The second-order valence-corrected chi connectivity index (χ2v) is 4.30. The first-order valence-electron chi connectivity index (χ1n) is 5.66. The van der Waals surface area contributed by atoms with Gasteiger partial charge in [-0.25, -0.2) is 0 Å². The zero-order valence-corrected chi connectivity index (χ0v) is 10.4. The summed E-state index contributed by atoms with van der Waals surface area (Å²) in [5, 5.41) is 1.93. The van der Waals surface area contributed by atoms with Crippen LogP contribution in [0.2, 0.25) is 0 Å². The minimum Gasteiger partial charge on any atom is -0.348 e. The molecule has 92 valence electrons. The molecule has 2 aromatic rings. The standard InChI is InChI=1S/C14H14N2O2/c1-16(2)14(18)8-13(17)12-7-10-5-3-4-6-11(10)9-15-12/h3-7,9H,8H2,1-2H3. The summed E-state index contributed by atoms with van der Waals surface area (Å²) < 4.78 is 0. The van der Waals surface area contributed by atoms with Crippen LogP contribution in [0.1, 0.15) is 16.9 Å². The van der Waals surface area contributed by atoms with E-state index < -0.39 is 0 Å². The van der Waals surface area contributed by atoms with E-state index in [0.29, 0.717) is 5.69 Å². The van der Waals surface area contributed by atoms with E-state index in [4.69, 9.17) is 0 Å². The lowest BCUT2D eigenvalue weighted by molar-refractivity contribution is -0.127. The monoisotopic (exact) mass is 242 g/mol. The Bertz CT molecular complexity index is 606. The van der Waals surface area contributed by atoms with Crippen LogP contribution in [0.3, 0.4) is 0 Å². The molecule has 0 fully saturated rings. The first-order valence-corrected chi connectivity index (χ1v) is 5.66. The Labute approximate surface area is 105 Å². The highest BCUT2D eigenvalue weighted by Gasteiger charge is 2.14. The molecule has 0 bridgehead atoms. The SMILES string of the molecule is CN(C)C(=O)CC(=O)c1cc2ccccc2cn1. The number of nitrogens with zero attached hydrogens (tertiary/aromatic N) is 2. The fraction of sp³-hybridized carbons (Fsp3) is 0.214. The maximum absolute atomic E-state index is 11.9. The van der Waals surface area contributed by atoms with Gasteiger partial charge in [0, 0.05) is 25.7 Å². The van der Waals surface area contributed by atoms with Gasteiger partial charge in [0.1, 0.15) is 5.69 Å². The molecule has 4 nitrogen and oxygen atoms in total. The molecule has 0 radical (unpaired) electrons. The molecule has 0 saturated carbocycles. The number of amides is 1. The molecule has 0 aliphatic carbocycles. The van der Waals surface area contributed by atoms with Gasteiger partial charge in [-0.2, -0.15) is 0 Å². The van der Waals surface area contributed by atoms with Crippen molar-refractivity contribution in [3.8, 4) is 0 Å². The number of pyridine rings is 1. The summed E-state index contributed by atoms with van der Waals surface area (Å²) >= 11 is 0. The lowest BCUT2D eigenvalue weighted by Gasteiger charge is -2.09. The van der Waals surface area contributed by atoms with Crippen LogP contribution >= 0.6 is 0 Å². The number of carbonyl (C=O) groups is 2. The van der Waals surface area contributed by atoms with E-state index in [0.717, 1.165) is 10.8 Å². The third kappa shape index (κ3) is 2.53. The average Bonchev–Trinajstić information content (AvgIpc) is 2.37. The summed E-state index contributed by atoms with van der Waals surface area (Å²) in [5.74, 6) is -0.464. The highest BCUT2D eigenvalue weighted by molar-refractivity contribution is 6.07. The van der Waals surface area contributed by atoms with Crippen molar-refractivity contribution in [3.05, 3.63) is 42.2 Å². The number of Topliss-reactive ketones (excluding diaryl/α,β-unsaturated/α-hetero) is 1. The molecule has 18 heavy (non-hydrogen) atoms. The summed E-state index contributed by atoms with van der Waals surface area (Å²) in [6, 6.07) is 9.40. The molecule has 0 spiro atoms. The smallest absolute Gasteiger partial charge is 0.229 e. The number of benzene rings is 1. The minimum atomic E-state index is -0.251. The van der Waals surface area contributed by atoms with Gasteiger partial charge in [0.15, 0.2) is 5.78 Å². The van der Waals surface area contributed by atoms with Crippen molar-refractivity contribution >= 4 is 22.5 Å². The van der Waals surface area contributed by atoms with E-state index in [9.17, 15) is 9.59 Å². The Morgan fingerprint density at radius 3 is 2.50 bits per heavy atom. The number of carbonyl (C=O) groups excluding carboxylic acids is 2. The van der Waals surface area contributed by atoms with Crippen molar-refractivity contribution in [3.63, 3.8) is 0 Å². The normalized spacial score (nSPS) is 10.3. The van der Waals surface area contributed by atoms with Crippen LogP contribution in [-0.2, 0) is 4.79 Å². The van der Waals surface area contributed by atoms with Gasteiger partial charge >= 0.3 is 0 Å².